The van der Waals surface area contributed by atoms with Crippen molar-refractivity contribution in [3.63, 3.8) is 0 Å². The lowest BCUT2D eigenvalue weighted by molar-refractivity contribution is 0.184. The van der Waals surface area contributed by atoms with Crippen LogP contribution in [0, 0.1) is 5.82 Å². The van der Waals surface area contributed by atoms with Crippen LogP contribution in [-0.2, 0) is 16.9 Å². The fraction of sp³-hybridized carbons (Fsp3) is 0.538. The van der Waals surface area contributed by atoms with Crippen LogP contribution in [0.1, 0.15) is 36.8 Å². The molecule has 2 N–H and O–H groups in total. The number of nitrogens with two attached hydrogens (primary N) is 1. The van der Waals surface area contributed by atoms with Crippen LogP contribution in [0.4, 0.5) is 4.39 Å². The Labute approximate surface area is 106 Å². The van der Waals surface area contributed by atoms with Crippen LogP contribution < -0.4 is 5.73 Å². The van der Waals surface area contributed by atoms with Gasteiger partial charge in [-0.2, -0.15) is 0 Å². The van der Waals surface area contributed by atoms with Crippen molar-refractivity contribution in [1.29, 1.82) is 0 Å². The molecular formula is C13H17ClFNO. The molecule has 0 atom stereocenters. The van der Waals surface area contributed by atoms with Gasteiger partial charge in [0.05, 0.1) is 11.6 Å². The summed E-state index contributed by atoms with van der Waals surface area (Å²) in [5.41, 5.74) is 7.12. The van der Waals surface area contributed by atoms with Gasteiger partial charge in [-0.05, 0) is 30.5 Å². The zero-order valence-corrected chi connectivity index (χ0v) is 10.7. The second kappa shape index (κ2) is 4.92. The van der Waals surface area contributed by atoms with E-state index in [4.69, 9.17) is 22.1 Å². The lowest BCUT2D eigenvalue weighted by Gasteiger charge is -2.25. The van der Waals surface area contributed by atoms with E-state index in [0.717, 1.165) is 31.2 Å². The third-order valence-electron chi connectivity index (χ3n) is 3.43. The molecule has 0 aromatic heterocycles. The topological polar surface area (TPSA) is 35.2 Å². The van der Waals surface area contributed by atoms with Crippen molar-refractivity contribution in [1.82, 2.24) is 0 Å². The molecule has 1 fully saturated rings. The highest BCUT2D eigenvalue weighted by Crippen LogP contribution is 2.39. The molecule has 4 heteroatoms. The summed E-state index contributed by atoms with van der Waals surface area (Å²) in [6.07, 6.45) is 3.72. The maximum Gasteiger partial charge on any atom is 0.146 e. The lowest BCUT2D eigenvalue weighted by atomic mass is 9.88. The molecule has 94 valence electrons. The SMILES string of the molecule is COCc1cc(Cl)c(F)c(C2(N)CCCC2)c1. The van der Waals surface area contributed by atoms with Crippen molar-refractivity contribution in [3.8, 4) is 0 Å². The summed E-state index contributed by atoms with van der Waals surface area (Å²) in [5.74, 6) is -0.379. The highest BCUT2D eigenvalue weighted by atomic mass is 35.5. The van der Waals surface area contributed by atoms with Gasteiger partial charge in [0.25, 0.3) is 0 Å². The zero-order valence-electron chi connectivity index (χ0n) is 9.93. The van der Waals surface area contributed by atoms with Crippen LogP contribution in [0.5, 0.6) is 0 Å². The predicted molar refractivity (Wildman–Crippen MR) is 66.5 cm³/mol. The van der Waals surface area contributed by atoms with E-state index in [2.05, 4.69) is 0 Å². The van der Waals surface area contributed by atoms with Crippen LogP contribution in [-0.4, -0.2) is 7.11 Å². The molecule has 0 heterocycles. The van der Waals surface area contributed by atoms with Crippen molar-refractivity contribution < 1.29 is 9.13 Å². The number of hydrogen-bond donors (Lipinski definition) is 1. The first-order valence-corrected chi connectivity index (χ1v) is 6.21. The Kier molecular flexibility index (Phi) is 3.71. The average Bonchev–Trinajstić information content (AvgIpc) is 2.72. The molecule has 17 heavy (non-hydrogen) atoms. The maximum absolute atomic E-state index is 14.1. The van der Waals surface area contributed by atoms with Gasteiger partial charge in [0.1, 0.15) is 5.82 Å². The summed E-state index contributed by atoms with van der Waals surface area (Å²) in [6, 6.07) is 3.39. The van der Waals surface area contributed by atoms with Crippen molar-refractivity contribution >= 4 is 11.6 Å². The second-order valence-electron chi connectivity index (χ2n) is 4.74. The van der Waals surface area contributed by atoms with Gasteiger partial charge in [0.15, 0.2) is 0 Å². The standard InChI is InChI=1S/C13H17ClFNO/c1-17-8-9-6-10(12(15)11(14)7-9)13(16)4-2-3-5-13/h6-7H,2-5,8,16H2,1H3. The molecule has 1 aliphatic rings. The van der Waals surface area contributed by atoms with E-state index in [9.17, 15) is 4.39 Å². The minimum absolute atomic E-state index is 0.131. The van der Waals surface area contributed by atoms with Gasteiger partial charge in [0, 0.05) is 18.2 Å². The fourth-order valence-corrected chi connectivity index (χ4v) is 2.77. The third-order valence-corrected chi connectivity index (χ3v) is 3.71. The van der Waals surface area contributed by atoms with Crippen LogP contribution >= 0.6 is 11.6 Å². The van der Waals surface area contributed by atoms with Gasteiger partial charge >= 0.3 is 0 Å². The molecule has 1 saturated carbocycles. The van der Waals surface area contributed by atoms with Gasteiger partial charge < -0.3 is 10.5 Å². The van der Waals surface area contributed by atoms with Crippen LogP contribution in [0.3, 0.4) is 0 Å². The van der Waals surface area contributed by atoms with Crippen LogP contribution in [0.25, 0.3) is 0 Å². The Hall–Kier alpha value is -0.640. The van der Waals surface area contributed by atoms with Gasteiger partial charge in [-0.3, -0.25) is 0 Å². The number of halogens is 2. The molecule has 2 rings (SSSR count). The molecule has 0 radical (unpaired) electrons. The van der Waals surface area contributed by atoms with Gasteiger partial charge in [-0.1, -0.05) is 24.4 Å². The van der Waals surface area contributed by atoms with E-state index in [0.29, 0.717) is 12.2 Å². The van der Waals surface area contributed by atoms with E-state index in [-0.39, 0.29) is 10.8 Å². The number of methoxy groups -OCH3 is 1. The van der Waals surface area contributed by atoms with Crippen LogP contribution in [0.2, 0.25) is 5.02 Å². The highest BCUT2D eigenvalue weighted by molar-refractivity contribution is 6.30. The van der Waals surface area contributed by atoms with Crippen molar-refractivity contribution in [2.24, 2.45) is 5.73 Å². The normalized spacial score (nSPS) is 18.6. The summed E-state index contributed by atoms with van der Waals surface area (Å²) in [7, 11) is 1.60. The van der Waals surface area contributed by atoms with Gasteiger partial charge in [-0.15, -0.1) is 0 Å². The smallest absolute Gasteiger partial charge is 0.146 e. The Morgan fingerprint density at radius 1 is 1.41 bits per heavy atom. The summed E-state index contributed by atoms with van der Waals surface area (Å²) in [6.45, 7) is 0.420. The first kappa shape index (κ1) is 12.8. The van der Waals surface area contributed by atoms with Crippen molar-refractivity contribution in [2.75, 3.05) is 7.11 Å². The quantitative estimate of drug-likeness (QED) is 0.901. The first-order chi connectivity index (χ1) is 8.07. The summed E-state index contributed by atoms with van der Waals surface area (Å²) in [4.78, 5) is 0. The van der Waals surface area contributed by atoms with E-state index in [1.807, 2.05) is 0 Å². The second-order valence-corrected chi connectivity index (χ2v) is 5.14. The lowest BCUT2D eigenvalue weighted by Crippen LogP contribution is -2.34. The minimum Gasteiger partial charge on any atom is -0.380 e. The maximum atomic E-state index is 14.1. The monoisotopic (exact) mass is 257 g/mol. The van der Waals surface area contributed by atoms with E-state index >= 15 is 0 Å². The van der Waals surface area contributed by atoms with E-state index < -0.39 is 5.54 Å². The molecule has 1 aromatic carbocycles. The van der Waals surface area contributed by atoms with Gasteiger partial charge in [-0.25, -0.2) is 4.39 Å². The molecule has 1 aliphatic carbocycles. The Morgan fingerprint density at radius 3 is 2.65 bits per heavy atom. The molecule has 0 aliphatic heterocycles. The average molecular weight is 258 g/mol. The fourth-order valence-electron chi connectivity index (χ4n) is 2.53. The van der Waals surface area contributed by atoms with Gasteiger partial charge in [0.2, 0.25) is 0 Å². The van der Waals surface area contributed by atoms with Crippen LogP contribution in [0.15, 0.2) is 12.1 Å². The Morgan fingerprint density at radius 2 is 2.06 bits per heavy atom. The number of hydrogen-bond acceptors (Lipinski definition) is 2. The summed E-state index contributed by atoms with van der Waals surface area (Å²) in [5, 5.41) is 0.131. The number of benzene rings is 1. The Balaban J connectivity index is 2.44. The molecule has 0 spiro atoms. The molecule has 0 unspecified atom stereocenters. The molecule has 0 saturated heterocycles. The number of rotatable bonds is 3. The predicted octanol–water partition coefficient (Wildman–Crippen LogP) is 3.35. The summed E-state index contributed by atoms with van der Waals surface area (Å²) >= 11 is 5.91. The summed E-state index contributed by atoms with van der Waals surface area (Å²) < 4.78 is 19.1. The highest BCUT2D eigenvalue weighted by Gasteiger charge is 2.34. The minimum atomic E-state index is -0.558. The molecule has 0 amide bonds. The van der Waals surface area contributed by atoms with Crippen molar-refractivity contribution in [3.05, 3.63) is 34.1 Å². The van der Waals surface area contributed by atoms with E-state index in [1.165, 1.54) is 0 Å². The Bertz CT molecular complexity index is 416. The molecule has 2 nitrogen and oxygen atoms in total. The molecule has 0 bridgehead atoms. The zero-order chi connectivity index (χ0) is 12.5. The molecule has 1 aromatic rings. The van der Waals surface area contributed by atoms with E-state index in [1.54, 1.807) is 19.2 Å². The first-order valence-electron chi connectivity index (χ1n) is 5.83. The largest absolute Gasteiger partial charge is 0.380 e. The molecular weight excluding hydrogens is 241 g/mol. The number of ether oxygens (including phenoxy) is 1. The van der Waals surface area contributed by atoms with Crippen molar-refractivity contribution in [2.45, 2.75) is 37.8 Å². The third kappa shape index (κ3) is 2.46.